The topological polar surface area (TPSA) is 0 Å². The smallest absolute Gasteiger partial charge is 0.0649 e. The van der Waals surface area contributed by atoms with E-state index in [4.69, 9.17) is 0 Å². The monoisotopic (exact) mass is 376 g/mol. The molecule has 0 amide bonds. The highest BCUT2D eigenvalue weighted by molar-refractivity contribution is 6.94. The van der Waals surface area contributed by atoms with E-state index in [0.717, 1.165) is 6.04 Å². The highest BCUT2D eigenvalue weighted by atomic mass is 28.3. The summed E-state index contributed by atoms with van der Waals surface area (Å²) in [5.74, 6) is 0. The zero-order valence-corrected chi connectivity index (χ0v) is 17.6. The lowest BCUT2D eigenvalue weighted by atomic mass is 10.1. The highest BCUT2D eigenvalue weighted by Crippen LogP contribution is 2.44. The maximum atomic E-state index is 2.39. The summed E-state index contributed by atoms with van der Waals surface area (Å²) < 4.78 is 0. The number of fused-ring (bicyclic) bond motifs is 2. The summed E-state index contributed by atoms with van der Waals surface area (Å²) in [4.78, 5) is 0. The van der Waals surface area contributed by atoms with E-state index in [0.29, 0.717) is 0 Å². The van der Waals surface area contributed by atoms with Crippen molar-refractivity contribution in [2.75, 3.05) is 0 Å². The van der Waals surface area contributed by atoms with E-state index >= 15 is 0 Å². The van der Waals surface area contributed by atoms with Gasteiger partial charge in [-0.25, -0.2) is 0 Å². The second-order valence-electron chi connectivity index (χ2n) is 7.90. The van der Waals surface area contributed by atoms with Crippen molar-refractivity contribution in [3.63, 3.8) is 0 Å². The van der Waals surface area contributed by atoms with Crippen molar-refractivity contribution in [1.29, 1.82) is 0 Å². The summed E-state index contributed by atoms with van der Waals surface area (Å²) in [5, 5.41) is 3.25. The zero-order valence-electron chi connectivity index (χ0n) is 16.4. The molecule has 0 heterocycles. The van der Waals surface area contributed by atoms with Gasteiger partial charge in [-0.2, -0.15) is 0 Å². The van der Waals surface area contributed by atoms with Crippen molar-refractivity contribution in [2.45, 2.75) is 19.9 Å². The fourth-order valence-electron chi connectivity index (χ4n) is 4.91. The van der Waals surface area contributed by atoms with Crippen LogP contribution in [0.3, 0.4) is 0 Å². The molecular formula is C27H24Si. The third-order valence-electron chi connectivity index (χ3n) is 6.08. The molecule has 0 unspecified atom stereocenters. The Balaban J connectivity index is 1.67. The number of rotatable bonds is 4. The molecule has 0 saturated heterocycles. The van der Waals surface area contributed by atoms with Gasteiger partial charge in [0.05, 0.1) is 0 Å². The van der Waals surface area contributed by atoms with Crippen LogP contribution in [0.15, 0.2) is 90.0 Å². The van der Waals surface area contributed by atoms with Crippen LogP contribution in [-0.2, 0) is 6.04 Å². The largest absolute Gasteiger partial charge is 0.108 e. The summed E-state index contributed by atoms with van der Waals surface area (Å²) in [6, 6.07) is 30.1. The molecule has 2 aliphatic carbocycles. The zero-order chi connectivity index (χ0) is 19.1. The first-order valence-corrected chi connectivity index (χ1v) is 12.0. The van der Waals surface area contributed by atoms with Gasteiger partial charge in [-0.1, -0.05) is 106 Å². The van der Waals surface area contributed by atoms with Gasteiger partial charge < -0.3 is 0 Å². The molecule has 2 aliphatic rings. The molecule has 1 heteroatoms. The molecule has 3 aromatic rings. The third kappa shape index (κ3) is 2.91. The molecule has 2 radical (unpaired) electrons. The maximum Gasteiger partial charge on any atom is 0.108 e. The lowest BCUT2D eigenvalue weighted by Gasteiger charge is -2.23. The molecule has 0 N–H and O–H groups in total. The molecule has 0 aliphatic heterocycles. The van der Waals surface area contributed by atoms with Crippen molar-refractivity contribution in [2.24, 2.45) is 0 Å². The van der Waals surface area contributed by atoms with E-state index in [1.54, 1.807) is 10.4 Å². The Morgan fingerprint density at radius 2 is 1.04 bits per heavy atom. The molecular weight excluding hydrogens is 352 g/mol. The Hall–Kier alpha value is -2.64. The van der Waals surface area contributed by atoms with Crippen molar-refractivity contribution in [3.05, 3.63) is 131 Å². The lowest BCUT2D eigenvalue weighted by Crippen LogP contribution is -2.23. The van der Waals surface area contributed by atoms with Crippen LogP contribution in [0.4, 0.5) is 0 Å². The molecule has 0 bridgehead atoms. The molecule has 28 heavy (non-hydrogen) atoms. The molecule has 5 rings (SSSR count). The van der Waals surface area contributed by atoms with Gasteiger partial charge in [0.1, 0.15) is 8.80 Å². The van der Waals surface area contributed by atoms with Crippen LogP contribution in [-0.4, -0.2) is 8.80 Å². The maximum absolute atomic E-state index is 2.39. The van der Waals surface area contributed by atoms with Crippen LogP contribution in [0.25, 0.3) is 10.4 Å². The normalized spacial score (nSPS) is 15.4. The van der Waals surface area contributed by atoms with Crippen molar-refractivity contribution in [1.82, 2.24) is 0 Å². The molecule has 0 atom stereocenters. The van der Waals surface area contributed by atoms with Gasteiger partial charge in [-0.3, -0.25) is 0 Å². The molecule has 0 nitrogen and oxygen atoms in total. The fourth-order valence-corrected chi connectivity index (χ4v) is 8.89. The summed E-state index contributed by atoms with van der Waals surface area (Å²) in [6.45, 7) is 4.61. The highest BCUT2D eigenvalue weighted by Gasteiger charge is 2.34. The van der Waals surface area contributed by atoms with Gasteiger partial charge in [-0.05, 0) is 42.1 Å². The first kappa shape index (κ1) is 17.5. The van der Waals surface area contributed by atoms with Crippen molar-refractivity contribution >= 4 is 19.2 Å². The Labute approximate surface area is 169 Å². The Morgan fingerprint density at radius 3 is 1.57 bits per heavy atom. The second kappa shape index (κ2) is 7.07. The van der Waals surface area contributed by atoms with Crippen LogP contribution in [0, 0.1) is 12.8 Å². The average molecular weight is 377 g/mol. The van der Waals surface area contributed by atoms with E-state index in [-0.39, 0.29) is 0 Å². The summed E-state index contributed by atoms with van der Waals surface area (Å²) in [7, 11) is -1.46. The van der Waals surface area contributed by atoms with Gasteiger partial charge in [0, 0.05) is 12.8 Å². The summed E-state index contributed by atoms with van der Waals surface area (Å²) >= 11 is 0. The van der Waals surface area contributed by atoms with Crippen molar-refractivity contribution in [3.8, 4) is 0 Å². The van der Waals surface area contributed by atoms with Gasteiger partial charge >= 0.3 is 0 Å². The number of benzene rings is 3. The number of hydrogen-bond donors (Lipinski definition) is 0. The van der Waals surface area contributed by atoms with Crippen LogP contribution in [0.5, 0.6) is 0 Å². The quantitative estimate of drug-likeness (QED) is 0.479. The minimum atomic E-state index is -1.46. The van der Waals surface area contributed by atoms with Crippen molar-refractivity contribution < 1.29 is 0 Å². The van der Waals surface area contributed by atoms with Crippen LogP contribution in [0.2, 0.25) is 0 Å². The molecule has 0 fully saturated rings. The summed E-state index contributed by atoms with van der Waals surface area (Å²) in [6.07, 6.45) is 4.77. The molecule has 3 aromatic carbocycles. The lowest BCUT2D eigenvalue weighted by molar-refractivity contribution is 1.37. The first-order chi connectivity index (χ1) is 13.7. The minimum absolute atomic E-state index is 1.16. The van der Waals surface area contributed by atoms with Gasteiger partial charge in [0.15, 0.2) is 0 Å². The third-order valence-corrected chi connectivity index (χ3v) is 9.88. The first-order valence-electron chi connectivity index (χ1n) is 10.1. The van der Waals surface area contributed by atoms with Gasteiger partial charge in [0.25, 0.3) is 0 Å². The average Bonchev–Trinajstić information content (AvgIpc) is 3.22. The van der Waals surface area contributed by atoms with Gasteiger partial charge in [0.2, 0.25) is 0 Å². The van der Waals surface area contributed by atoms with E-state index < -0.39 is 8.80 Å². The number of allylic oxidation sites excluding steroid dienone is 2. The molecule has 0 aromatic heterocycles. The molecule has 0 saturated carbocycles. The summed E-state index contributed by atoms with van der Waals surface area (Å²) in [5.41, 5.74) is 10.0. The molecule has 0 spiro atoms. The minimum Gasteiger partial charge on any atom is -0.0649 e. The number of hydrogen-bond acceptors (Lipinski definition) is 0. The standard InChI is InChI=1S/C27H24Si/c1-19-16-22-12-6-8-14-24(22)26(19)28(18-21-10-4-3-5-11-21)27-20(2)17-23-13-7-9-15-25(23)27/h3-17,28H,18H2,1-2H3. The van der Waals surface area contributed by atoms with E-state index in [2.05, 4.69) is 106 Å². The predicted molar refractivity (Wildman–Crippen MR) is 122 cm³/mol. The van der Waals surface area contributed by atoms with E-state index in [1.165, 1.54) is 39.0 Å². The predicted octanol–water partition coefficient (Wildman–Crippen LogP) is 6.15. The Kier molecular flexibility index (Phi) is 4.41. The van der Waals surface area contributed by atoms with E-state index in [9.17, 15) is 0 Å². The fraction of sp³-hybridized carbons (Fsp3) is 0.111. The van der Waals surface area contributed by atoms with Crippen LogP contribution in [0.1, 0.15) is 41.7 Å². The Morgan fingerprint density at radius 1 is 0.571 bits per heavy atom. The van der Waals surface area contributed by atoms with Crippen LogP contribution >= 0.6 is 0 Å². The SMILES string of the molecule is CC1=C([SiH](Cc2ccccc2)C2=C(C)[CH]c3ccccc32)c2ccccc2[CH]1. The Bertz CT molecular complexity index is 1030. The van der Waals surface area contributed by atoms with Gasteiger partial charge in [-0.15, -0.1) is 0 Å². The second-order valence-corrected chi connectivity index (χ2v) is 10.6. The van der Waals surface area contributed by atoms with E-state index in [1.807, 2.05) is 0 Å². The van der Waals surface area contributed by atoms with Crippen LogP contribution < -0.4 is 0 Å². The molecule has 136 valence electrons.